The van der Waals surface area contributed by atoms with Crippen LogP contribution in [0.5, 0.6) is 0 Å². The van der Waals surface area contributed by atoms with Crippen LogP contribution in [0.25, 0.3) is 11.0 Å². The topological polar surface area (TPSA) is 56.7 Å². The quantitative estimate of drug-likeness (QED) is 0.733. The Morgan fingerprint density at radius 1 is 1.58 bits per heavy atom. The van der Waals surface area contributed by atoms with Crippen LogP contribution in [0.1, 0.15) is 0 Å². The summed E-state index contributed by atoms with van der Waals surface area (Å²) in [5.74, 6) is 0.320. The normalized spacial score (nSPS) is 10.8. The summed E-state index contributed by atoms with van der Waals surface area (Å²) in [6.45, 7) is 0. The molecular weight excluding hydrogens is 267 g/mol. The summed E-state index contributed by atoms with van der Waals surface area (Å²) in [4.78, 5) is 8.03. The van der Waals surface area contributed by atoms with Crippen molar-refractivity contribution in [2.45, 2.75) is 0 Å². The Bertz CT molecular complexity index is 434. The number of nitrogens with zero attached hydrogens (tertiary/aromatic N) is 3. The van der Waals surface area contributed by atoms with E-state index in [9.17, 15) is 0 Å². The van der Waals surface area contributed by atoms with Crippen molar-refractivity contribution in [2.24, 2.45) is 7.05 Å². The average Bonchev–Trinajstić information content (AvgIpc) is 2.31. The number of hydrogen-bond acceptors (Lipinski definition) is 3. The minimum Gasteiger partial charge on any atom is -0.368 e. The highest BCUT2D eigenvalue weighted by Crippen LogP contribution is 2.17. The Balaban J connectivity index is 2.88. The molecule has 0 aliphatic heterocycles. The van der Waals surface area contributed by atoms with Gasteiger partial charge in [-0.15, -0.1) is 0 Å². The van der Waals surface area contributed by atoms with Gasteiger partial charge in [0.15, 0.2) is 0 Å². The fourth-order valence-corrected chi connectivity index (χ4v) is 1.66. The van der Waals surface area contributed by atoms with Crippen LogP contribution in [-0.2, 0) is 7.05 Å². The zero-order valence-electron chi connectivity index (χ0n) is 6.45. The first-order chi connectivity index (χ1) is 5.68. The molecule has 2 heterocycles. The van der Waals surface area contributed by atoms with E-state index in [-0.39, 0.29) is 0 Å². The van der Waals surface area contributed by atoms with Gasteiger partial charge in [-0.05, 0) is 28.7 Å². The molecule has 5 heteroatoms. The number of hydrogen-bond donors (Lipinski definition) is 1. The molecule has 0 bridgehead atoms. The molecule has 0 amide bonds. The van der Waals surface area contributed by atoms with Crippen LogP contribution in [-0.4, -0.2) is 14.5 Å². The molecule has 0 atom stereocenters. The van der Waals surface area contributed by atoms with Crippen molar-refractivity contribution in [2.75, 3.05) is 5.73 Å². The number of rotatable bonds is 0. The molecule has 0 aromatic carbocycles. The van der Waals surface area contributed by atoms with Crippen LogP contribution in [0.15, 0.2) is 12.3 Å². The molecule has 0 aliphatic carbocycles. The minimum absolute atomic E-state index is 0.320. The van der Waals surface area contributed by atoms with Crippen molar-refractivity contribution in [3.8, 4) is 0 Å². The Hall–Kier alpha value is -0.850. The van der Waals surface area contributed by atoms with E-state index in [1.165, 1.54) is 0 Å². The SMILES string of the molecule is Cn1c(I)cc2cnc(N)nc21. The average molecular weight is 274 g/mol. The van der Waals surface area contributed by atoms with E-state index in [2.05, 4.69) is 32.6 Å². The Morgan fingerprint density at radius 3 is 3.08 bits per heavy atom. The van der Waals surface area contributed by atoms with Crippen LogP contribution in [0, 0.1) is 3.70 Å². The van der Waals surface area contributed by atoms with Gasteiger partial charge < -0.3 is 10.3 Å². The van der Waals surface area contributed by atoms with Crippen molar-refractivity contribution >= 4 is 39.6 Å². The highest BCUT2D eigenvalue weighted by molar-refractivity contribution is 14.1. The summed E-state index contributed by atoms with van der Waals surface area (Å²) in [7, 11) is 1.95. The lowest BCUT2D eigenvalue weighted by atomic mass is 10.4. The van der Waals surface area contributed by atoms with Crippen LogP contribution in [0.2, 0.25) is 0 Å². The number of fused-ring (bicyclic) bond motifs is 1. The number of aromatic nitrogens is 3. The second kappa shape index (κ2) is 2.58. The second-order valence-corrected chi connectivity index (χ2v) is 3.64. The first kappa shape index (κ1) is 7.78. The van der Waals surface area contributed by atoms with Gasteiger partial charge in [-0.25, -0.2) is 4.98 Å². The van der Waals surface area contributed by atoms with Crippen molar-refractivity contribution in [3.63, 3.8) is 0 Å². The second-order valence-electron chi connectivity index (χ2n) is 2.53. The first-order valence-corrected chi connectivity index (χ1v) is 4.50. The Morgan fingerprint density at radius 2 is 2.33 bits per heavy atom. The predicted octanol–water partition coefficient (Wildman–Crippen LogP) is 1.16. The molecule has 0 radical (unpaired) electrons. The molecule has 62 valence electrons. The van der Waals surface area contributed by atoms with Gasteiger partial charge in [0, 0.05) is 18.6 Å². The minimum atomic E-state index is 0.320. The fraction of sp³-hybridized carbons (Fsp3) is 0.143. The number of aryl methyl sites for hydroxylation is 1. The monoisotopic (exact) mass is 274 g/mol. The van der Waals surface area contributed by atoms with Gasteiger partial charge in [0.05, 0.1) is 3.70 Å². The number of nitrogen functional groups attached to an aromatic ring is 1. The maximum atomic E-state index is 5.46. The molecule has 0 fully saturated rings. The summed E-state index contributed by atoms with van der Waals surface area (Å²) in [6.07, 6.45) is 1.74. The molecule has 2 aromatic heterocycles. The first-order valence-electron chi connectivity index (χ1n) is 3.42. The van der Waals surface area contributed by atoms with Crippen LogP contribution >= 0.6 is 22.6 Å². The van der Waals surface area contributed by atoms with Gasteiger partial charge in [0.2, 0.25) is 5.95 Å². The molecule has 0 saturated heterocycles. The van der Waals surface area contributed by atoms with Gasteiger partial charge in [-0.2, -0.15) is 4.98 Å². The standard InChI is InChI=1S/C7H7IN4/c1-12-5(8)2-4-3-10-7(9)11-6(4)12/h2-3H,1H3,(H2,9,10,11). The van der Waals surface area contributed by atoms with E-state index < -0.39 is 0 Å². The van der Waals surface area contributed by atoms with Crippen molar-refractivity contribution in [1.82, 2.24) is 14.5 Å². The van der Waals surface area contributed by atoms with Gasteiger partial charge in [-0.3, -0.25) is 0 Å². The molecule has 0 unspecified atom stereocenters. The number of anilines is 1. The number of halogens is 1. The molecule has 4 nitrogen and oxygen atoms in total. The van der Waals surface area contributed by atoms with Gasteiger partial charge in [-0.1, -0.05) is 0 Å². The van der Waals surface area contributed by atoms with E-state index in [0.717, 1.165) is 14.7 Å². The van der Waals surface area contributed by atoms with Crippen molar-refractivity contribution in [3.05, 3.63) is 16.0 Å². The Kier molecular flexibility index (Phi) is 1.67. The third-order valence-corrected chi connectivity index (χ3v) is 2.76. The lowest BCUT2D eigenvalue weighted by Gasteiger charge is -1.96. The van der Waals surface area contributed by atoms with Gasteiger partial charge in [0.25, 0.3) is 0 Å². The van der Waals surface area contributed by atoms with E-state index in [4.69, 9.17) is 5.73 Å². The zero-order chi connectivity index (χ0) is 8.72. The molecule has 2 aromatic rings. The van der Waals surface area contributed by atoms with Crippen molar-refractivity contribution < 1.29 is 0 Å². The molecular formula is C7H7IN4. The fourth-order valence-electron chi connectivity index (χ4n) is 1.09. The summed E-state index contributed by atoms with van der Waals surface area (Å²) in [6, 6.07) is 2.02. The van der Waals surface area contributed by atoms with E-state index in [0.29, 0.717) is 5.95 Å². The lowest BCUT2D eigenvalue weighted by molar-refractivity contribution is 0.918. The van der Waals surface area contributed by atoms with Crippen molar-refractivity contribution in [1.29, 1.82) is 0 Å². The molecule has 0 aliphatic rings. The summed E-state index contributed by atoms with van der Waals surface area (Å²) < 4.78 is 3.11. The highest BCUT2D eigenvalue weighted by Gasteiger charge is 2.04. The summed E-state index contributed by atoms with van der Waals surface area (Å²) >= 11 is 2.24. The molecule has 2 N–H and O–H groups in total. The lowest BCUT2D eigenvalue weighted by Crippen LogP contribution is -1.97. The molecule has 0 spiro atoms. The maximum Gasteiger partial charge on any atom is 0.221 e. The van der Waals surface area contributed by atoms with Crippen LogP contribution in [0.3, 0.4) is 0 Å². The summed E-state index contributed by atoms with van der Waals surface area (Å²) in [5.41, 5.74) is 6.35. The van der Waals surface area contributed by atoms with Gasteiger partial charge >= 0.3 is 0 Å². The van der Waals surface area contributed by atoms with E-state index >= 15 is 0 Å². The Labute approximate surface area is 82.9 Å². The smallest absolute Gasteiger partial charge is 0.221 e. The van der Waals surface area contributed by atoms with Gasteiger partial charge in [0.1, 0.15) is 5.65 Å². The predicted molar refractivity (Wildman–Crippen MR) is 55.6 cm³/mol. The summed E-state index contributed by atoms with van der Waals surface area (Å²) in [5, 5.41) is 1.02. The van der Waals surface area contributed by atoms with E-state index in [1.54, 1.807) is 6.20 Å². The molecule has 0 saturated carbocycles. The number of nitrogens with two attached hydrogens (primary N) is 1. The van der Waals surface area contributed by atoms with E-state index in [1.807, 2.05) is 17.7 Å². The highest BCUT2D eigenvalue weighted by atomic mass is 127. The zero-order valence-corrected chi connectivity index (χ0v) is 8.61. The van der Waals surface area contributed by atoms with Crippen LogP contribution in [0.4, 0.5) is 5.95 Å². The molecule has 12 heavy (non-hydrogen) atoms. The van der Waals surface area contributed by atoms with Crippen LogP contribution < -0.4 is 5.73 Å². The third kappa shape index (κ3) is 1.04. The third-order valence-electron chi connectivity index (χ3n) is 1.73. The largest absolute Gasteiger partial charge is 0.368 e. The maximum absolute atomic E-state index is 5.46. The molecule has 2 rings (SSSR count).